The van der Waals surface area contributed by atoms with Crippen molar-refractivity contribution in [2.75, 3.05) is 24.5 Å². The number of halogens is 2. The quantitative estimate of drug-likeness (QED) is 0.134. The molecule has 0 fully saturated rings. The summed E-state index contributed by atoms with van der Waals surface area (Å²) in [5, 5.41) is 28.7. The molecule has 7 atom stereocenters. The number of hydrogen-bond donors (Lipinski definition) is 0. The summed E-state index contributed by atoms with van der Waals surface area (Å²) in [6.07, 6.45) is 6.15. The average molecular weight is 1610 g/mol. The third kappa shape index (κ3) is 16.1. The molecule has 0 spiro atoms. The Morgan fingerprint density at radius 1 is 0.319 bits per heavy atom. The van der Waals surface area contributed by atoms with Crippen molar-refractivity contribution in [1.29, 1.82) is 0 Å². The van der Waals surface area contributed by atoms with Crippen molar-refractivity contribution >= 4 is 132 Å². The van der Waals surface area contributed by atoms with Gasteiger partial charge in [-0.05, 0) is 143 Å². The lowest BCUT2D eigenvalue weighted by Crippen LogP contribution is -2.39. The Bertz CT molecular complexity index is 5270. The summed E-state index contributed by atoms with van der Waals surface area (Å²) in [5.41, 5.74) is 22.0. The van der Waals surface area contributed by atoms with Gasteiger partial charge in [0.15, 0.2) is 0 Å². The zero-order valence-electron chi connectivity index (χ0n) is 65.2. The molecule has 14 heterocycles. The van der Waals surface area contributed by atoms with Crippen molar-refractivity contribution in [3.63, 3.8) is 0 Å². The van der Waals surface area contributed by atoms with Crippen LogP contribution in [0.15, 0.2) is 223 Å². The molecule has 0 saturated heterocycles. The van der Waals surface area contributed by atoms with Gasteiger partial charge in [-0.15, -0.1) is 0 Å². The van der Waals surface area contributed by atoms with Crippen LogP contribution in [0.2, 0.25) is 10.0 Å². The minimum absolute atomic E-state index is 0.00356. The van der Waals surface area contributed by atoms with Gasteiger partial charge < -0.3 is 43.7 Å². The highest BCUT2D eigenvalue weighted by Crippen LogP contribution is 2.42. The van der Waals surface area contributed by atoms with Crippen molar-refractivity contribution in [3.05, 3.63) is 242 Å². The lowest BCUT2D eigenvalue weighted by Gasteiger charge is -2.25. The van der Waals surface area contributed by atoms with E-state index < -0.39 is 6.23 Å². The second kappa shape index (κ2) is 33.4. The molecule has 116 heavy (non-hydrogen) atoms. The van der Waals surface area contributed by atoms with Gasteiger partial charge >= 0.3 is 5.69 Å². The van der Waals surface area contributed by atoms with Crippen molar-refractivity contribution in [3.8, 4) is 0 Å². The fourth-order valence-electron chi connectivity index (χ4n) is 15.7. The maximum absolute atomic E-state index is 12.2. The number of imide groups is 1. The number of hydrogen-bond acceptors (Lipinski definition) is 22. The number of amides is 5. The first-order valence-electron chi connectivity index (χ1n) is 38.1. The molecule has 596 valence electrons. The predicted octanol–water partition coefficient (Wildman–Crippen LogP) is 14.8. The molecule has 0 N–H and O–H groups in total. The van der Waals surface area contributed by atoms with E-state index in [1.807, 2.05) is 145 Å². The Balaban J connectivity index is 0.000000106. The third-order valence-corrected chi connectivity index (χ3v) is 21.6. The number of aromatic nitrogens is 2. The number of fused-ring (bicyclic) bond motifs is 7. The van der Waals surface area contributed by atoms with Crippen molar-refractivity contribution in [1.82, 2.24) is 14.0 Å². The number of para-hydroxylation sites is 5. The molecule has 30 heteroatoms. The van der Waals surface area contributed by atoms with E-state index in [2.05, 4.69) is 77.2 Å². The monoisotopic (exact) mass is 1610 g/mol. The largest absolute Gasteiger partial charge is 0.370 e. The van der Waals surface area contributed by atoms with Crippen LogP contribution >= 0.6 is 23.2 Å². The molecule has 0 saturated carbocycles. The van der Waals surface area contributed by atoms with E-state index in [-0.39, 0.29) is 72.6 Å². The number of anilines is 5. The minimum atomic E-state index is -0.595. The first-order valence-corrected chi connectivity index (χ1v) is 38.9. The predicted molar refractivity (Wildman–Crippen MR) is 444 cm³/mol. The minimum Gasteiger partial charge on any atom is -0.370 e. The molecule has 0 aliphatic carbocycles. The summed E-state index contributed by atoms with van der Waals surface area (Å²) in [6.45, 7) is 21.6. The fourth-order valence-corrected chi connectivity index (χ4v) is 16.0. The second-order valence-corrected chi connectivity index (χ2v) is 30.7. The summed E-state index contributed by atoms with van der Waals surface area (Å²) < 4.78 is 3.29. The zero-order valence-corrected chi connectivity index (χ0v) is 66.7. The average Bonchev–Trinajstić information content (AvgIpc) is 1.61. The van der Waals surface area contributed by atoms with Crippen LogP contribution in [0.4, 0.5) is 28.4 Å². The highest BCUT2D eigenvalue weighted by Gasteiger charge is 2.44. The van der Waals surface area contributed by atoms with Gasteiger partial charge in [-0.1, -0.05) is 163 Å². The SMILES string of the molecule is C=C1Cc2ccc(Cl)cc2N1C1CC(C)=NO1.C=C1Cc2ccccc2N1C1CC(C)=NO1.CC1=NOC(N2C(=O)Cc3ccc(Cl)cc32)C1.CC1=NOC(N2C(=O)Cc3ccccc32)C1.CC1=NOC(N2C(=O)Cc3ccccc32)C1.CC1=NOC(N2C(=O)c3ccccc3C2=O)C1.CC1=NOC(n2c(=O)n(C)c3ccccc32)C1. The number of carbonyl (C=O) groups excluding carboxylic acids is 5. The van der Waals surface area contributed by atoms with E-state index in [0.29, 0.717) is 67.5 Å². The molecule has 13 aliphatic rings. The van der Waals surface area contributed by atoms with Gasteiger partial charge in [0.2, 0.25) is 61.3 Å². The van der Waals surface area contributed by atoms with E-state index in [1.165, 1.54) is 16.8 Å². The number of rotatable bonds is 7. The Morgan fingerprint density at radius 2 is 0.595 bits per heavy atom. The number of nitrogens with zero attached hydrogens (tertiary/aromatic N) is 15. The van der Waals surface area contributed by atoms with Crippen molar-refractivity contribution in [2.45, 2.75) is 169 Å². The van der Waals surface area contributed by atoms with Gasteiger partial charge in [0.05, 0.1) is 98.5 Å². The lowest BCUT2D eigenvalue weighted by molar-refractivity contribution is -0.120. The number of allylic oxidation sites excluding steroid dienone is 2. The number of aryl methyl sites for hydroxylation is 1. The highest BCUT2D eigenvalue weighted by molar-refractivity contribution is 6.31. The Morgan fingerprint density at radius 3 is 0.974 bits per heavy atom. The third-order valence-electron chi connectivity index (χ3n) is 21.1. The second-order valence-electron chi connectivity index (χ2n) is 29.8. The molecule has 1 aromatic heterocycles. The van der Waals surface area contributed by atoms with Gasteiger partial charge in [0, 0.05) is 97.6 Å². The van der Waals surface area contributed by atoms with Crippen LogP contribution in [0, 0.1) is 0 Å². The summed E-state index contributed by atoms with van der Waals surface area (Å²) in [6, 6.07) is 49.9. The zero-order chi connectivity index (χ0) is 81.3. The molecule has 0 bridgehead atoms. The normalized spacial score (nSPS) is 22.3. The lowest BCUT2D eigenvalue weighted by atomic mass is 10.1. The summed E-state index contributed by atoms with van der Waals surface area (Å²) in [4.78, 5) is 120. The first-order chi connectivity index (χ1) is 55.9. The van der Waals surface area contributed by atoms with E-state index in [4.69, 9.17) is 57.1 Å². The number of carbonyl (C=O) groups is 5. The molecule has 5 amide bonds. The number of benzene rings is 7. The van der Waals surface area contributed by atoms with Crippen LogP contribution in [0.5, 0.6) is 0 Å². The highest BCUT2D eigenvalue weighted by atomic mass is 35.5. The molecule has 13 aliphatic heterocycles. The van der Waals surface area contributed by atoms with Crippen molar-refractivity contribution < 1.29 is 57.8 Å². The fraction of sp³-hybridized carbons (Fsp3) is 0.314. The van der Waals surface area contributed by atoms with Gasteiger partial charge in [-0.3, -0.25) is 47.8 Å². The molecule has 7 unspecified atom stereocenters. The summed E-state index contributed by atoms with van der Waals surface area (Å²) >= 11 is 12.0. The molecule has 8 aromatic rings. The van der Waals surface area contributed by atoms with E-state index in [9.17, 15) is 28.8 Å². The van der Waals surface area contributed by atoms with Crippen LogP contribution in [0.25, 0.3) is 11.0 Å². The van der Waals surface area contributed by atoms with E-state index in [0.717, 1.165) is 137 Å². The van der Waals surface area contributed by atoms with E-state index >= 15 is 0 Å². The number of oxime groups is 7. The van der Waals surface area contributed by atoms with Gasteiger partial charge in [0.25, 0.3) is 11.8 Å². The van der Waals surface area contributed by atoms with Crippen LogP contribution in [0.3, 0.4) is 0 Å². The summed E-state index contributed by atoms with van der Waals surface area (Å²) in [7, 11) is 1.77. The Hall–Kier alpha value is -12.7. The van der Waals surface area contributed by atoms with Crippen LogP contribution < -0.4 is 30.2 Å². The van der Waals surface area contributed by atoms with Crippen LogP contribution in [0.1, 0.15) is 148 Å². The van der Waals surface area contributed by atoms with Gasteiger partial charge in [0.1, 0.15) is 0 Å². The van der Waals surface area contributed by atoms with Gasteiger partial charge in [-0.2, -0.15) is 0 Å². The smallest absolute Gasteiger partial charge is 0.331 e. The molecular formula is C86H85Cl2N15O13. The van der Waals surface area contributed by atoms with Crippen LogP contribution in [-0.2, 0) is 87.4 Å². The topological polar surface area (TPSA) is 283 Å². The molecular weight excluding hydrogens is 1520 g/mol. The van der Waals surface area contributed by atoms with Crippen LogP contribution in [-0.4, -0.2) is 121 Å². The van der Waals surface area contributed by atoms with Gasteiger partial charge in [-0.25, -0.2) is 9.69 Å². The summed E-state index contributed by atoms with van der Waals surface area (Å²) in [5.74, 6) is -0.384. The maximum Gasteiger partial charge on any atom is 0.331 e. The standard InChI is InChI=1S/C13H13ClN2O.C13H14N2O.C12H11ClN2O2.C12H13N3O2.C12H10N2O3.2C12H12N2O2/c1-8-5-13(17-15-8)16-9(2)6-10-3-4-11(14)7-12(10)16;1-9-7-13(16-14-9)15-10(2)8-11-5-3-4-6-12(11)15;1-7-4-12(17-14-7)15-10-6-9(13)3-2-8(10)5-11(15)16;1-8-7-11(17-13-8)15-10-6-4-3-5-9(10)14(2)12(15)16;1-7-6-10(17-13-7)14-11(15)8-4-2-3-5-9(8)12(14)16;2*1-8-6-12(16-13-8)14-10-5-3-2-4-9(10)7-11(14)15/h3-4,7,13H,2,5-6H2,1H3;3-6,13H,2,7-8H2,1H3;2-3,6,12H,4-5H2,1H3;3-6,11H,7H2,1-2H3;2-5,10H,6H2,1H3;2*2-5,12H,6-7H2,1H3. The number of imidazole rings is 1. The molecule has 7 aromatic carbocycles. The molecule has 28 nitrogen and oxygen atoms in total. The van der Waals surface area contributed by atoms with E-state index in [1.54, 1.807) is 74.2 Å². The van der Waals surface area contributed by atoms with Crippen molar-refractivity contribution in [2.24, 2.45) is 43.1 Å². The molecule has 21 rings (SSSR count). The molecule has 0 radical (unpaired) electrons. The Kier molecular flexibility index (Phi) is 22.6. The first kappa shape index (κ1) is 78.6. The Labute approximate surface area is 678 Å². The maximum atomic E-state index is 12.2.